The van der Waals surface area contributed by atoms with Crippen molar-refractivity contribution in [2.45, 2.75) is 85.0 Å². The van der Waals surface area contributed by atoms with Gasteiger partial charge in [0.25, 0.3) is 0 Å². The molecule has 0 fully saturated rings. The van der Waals surface area contributed by atoms with Gasteiger partial charge in [-0.1, -0.05) is 0 Å². The molecule has 0 heterocycles. The first-order chi connectivity index (χ1) is 9.37. The number of esters is 2. The number of unbranched alkanes of at least 4 members (excludes halogenated alkanes) is 2. The molecule has 0 aromatic carbocycles. The van der Waals surface area contributed by atoms with Crippen LogP contribution in [0.4, 0.5) is 0 Å². The quantitative estimate of drug-likeness (QED) is 0.325. The van der Waals surface area contributed by atoms with Crippen LogP contribution in [0.15, 0.2) is 0 Å². The average molecular weight is 393 g/mol. The fraction of sp³-hybridized carbons (Fsp3) is 0.875. The summed E-state index contributed by atoms with van der Waals surface area (Å²) in [6.45, 7) is 12.0. The Hall–Kier alpha value is -0.0613. The van der Waals surface area contributed by atoms with Crippen LogP contribution in [0.25, 0.3) is 0 Å². The Bertz CT molecular complexity index is 238. The van der Waals surface area contributed by atoms with E-state index < -0.39 is 30.3 Å². The Morgan fingerprint density at radius 3 is 1.30 bits per heavy atom. The third-order valence-electron chi connectivity index (χ3n) is 3.91. The average Bonchev–Trinajstić information content (AvgIpc) is 2.39. The van der Waals surface area contributed by atoms with Crippen LogP contribution in [-0.4, -0.2) is 30.3 Å². The summed E-state index contributed by atoms with van der Waals surface area (Å²) in [6.07, 6.45) is 5.85. The molecule has 0 atom stereocenters. The molecule has 0 aromatic rings. The van der Waals surface area contributed by atoms with Crippen molar-refractivity contribution in [2.75, 3.05) is 0 Å². The van der Waals surface area contributed by atoms with Crippen molar-refractivity contribution in [3.63, 3.8) is 0 Å². The third-order valence-corrected chi connectivity index (χ3v) is 20.5. The van der Waals surface area contributed by atoms with Crippen molar-refractivity contribution in [2.24, 2.45) is 0 Å². The third kappa shape index (κ3) is 12.9. The molecule has 20 heavy (non-hydrogen) atoms. The van der Waals surface area contributed by atoms with Crippen molar-refractivity contribution < 1.29 is 14.3 Å². The molecule has 0 aromatic heterocycles. The van der Waals surface area contributed by atoms with E-state index in [1.807, 2.05) is 0 Å². The van der Waals surface area contributed by atoms with Gasteiger partial charge in [0.2, 0.25) is 0 Å². The number of carbonyl (C=O) groups is 2. The van der Waals surface area contributed by atoms with E-state index in [0.29, 0.717) is 0 Å². The summed E-state index contributed by atoms with van der Waals surface area (Å²) in [7, 11) is 0. The van der Waals surface area contributed by atoms with Crippen molar-refractivity contribution in [1.29, 1.82) is 0 Å². The van der Waals surface area contributed by atoms with E-state index in [0.717, 1.165) is 0 Å². The van der Waals surface area contributed by atoms with Gasteiger partial charge in [0.05, 0.1) is 0 Å². The SMILES string of the molecule is CC(=O)OC(C)=O.CCC[CH2][Sn]([CH2]C)([CH2]C)[CH2]CCC. The van der Waals surface area contributed by atoms with Gasteiger partial charge in [0, 0.05) is 13.8 Å². The standard InChI is InChI=1S/C4H6O3.2C4H9.2C2H5.Sn/c1-3(5)7-4(2)6;2*1-3-4-2;2*1-2;/h1-2H3;2*1,3-4H2,2H3;2*1H2,2H3;. The molecule has 0 unspecified atom stereocenters. The second-order valence-corrected chi connectivity index (χ2v) is 21.0. The van der Waals surface area contributed by atoms with Gasteiger partial charge in [0.15, 0.2) is 0 Å². The first kappa shape index (κ1) is 22.2. The molecule has 0 radical (unpaired) electrons. The van der Waals surface area contributed by atoms with Crippen molar-refractivity contribution in [3.8, 4) is 0 Å². The number of rotatable bonds is 8. The minimum absolute atomic E-state index is 0.562. The van der Waals surface area contributed by atoms with Crippen molar-refractivity contribution in [1.82, 2.24) is 0 Å². The predicted molar refractivity (Wildman–Crippen MR) is 88.6 cm³/mol. The zero-order chi connectivity index (χ0) is 16.0. The van der Waals surface area contributed by atoms with Crippen LogP contribution in [0, 0.1) is 0 Å². The van der Waals surface area contributed by atoms with Gasteiger partial charge < -0.3 is 4.74 Å². The first-order valence-corrected chi connectivity index (χ1v) is 16.1. The topological polar surface area (TPSA) is 43.4 Å². The zero-order valence-electron chi connectivity index (χ0n) is 14.4. The van der Waals surface area contributed by atoms with Gasteiger partial charge in [-0.25, -0.2) is 0 Å². The summed E-state index contributed by atoms with van der Waals surface area (Å²) >= 11 is -1.54. The van der Waals surface area contributed by atoms with Crippen LogP contribution in [0.1, 0.15) is 67.2 Å². The summed E-state index contributed by atoms with van der Waals surface area (Å²) in [5.41, 5.74) is 0. The molecule has 0 bridgehead atoms. The molecule has 0 spiro atoms. The fourth-order valence-electron chi connectivity index (χ4n) is 2.39. The molecule has 0 aliphatic heterocycles. The molecule has 3 nitrogen and oxygen atoms in total. The van der Waals surface area contributed by atoms with Crippen molar-refractivity contribution >= 4 is 30.3 Å². The molecule has 4 heteroatoms. The number of ether oxygens (including phenoxy) is 1. The number of hydrogen-bond acceptors (Lipinski definition) is 3. The molecular formula is C16H34O3Sn. The van der Waals surface area contributed by atoms with Gasteiger partial charge in [-0.3, -0.25) is 9.59 Å². The van der Waals surface area contributed by atoms with Crippen LogP contribution >= 0.6 is 0 Å². The van der Waals surface area contributed by atoms with Crippen LogP contribution in [0.3, 0.4) is 0 Å². The molecular weight excluding hydrogens is 359 g/mol. The Morgan fingerprint density at radius 2 is 1.15 bits per heavy atom. The Kier molecular flexibility index (Phi) is 15.4. The molecule has 0 N–H and O–H groups in total. The summed E-state index contributed by atoms with van der Waals surface area (Å²) < 4.78 is 10.5. The van der Waals surface area contributed by atoms with Gasteiger partial charge >= 0.3 is 101 Å². The first-order valence-electron chi connectivity index (χ1n) is 8.06. The maximum atomic E-state index is 9.81. The van der Waals surface area contributed by atoms with E-state index in [9.17, 15) is 9.59 Å². The van der Waals surface area contributed by atoms with Crippen LogP contribution in [-0.2, 0) is 14.3 Å². The molecule has 0 aliphatic rings. The Labute approximate surface area is 129 Å². The number of hydrogen-bond donors (Lipinski definition) is 0. The van der Waals surface area contributed by atoms with E-state index in [-0.39, 0.29) is 0 Å². The van der Waals surface area contributed by atoms with E-state index in [1.165, 1.54) is 39.5 Å². The fourth-order valence-corrected chi connectivity index (χ4v) is 14.9. The second kappa shape index (κ2) is 13.9. The molecule has 0 saturated heterocycles. The number of carbonyl (C=O) groups excluding carboxylic acids is 2. The second-order valence-electron chi connectivity index (χ2n) is 5.50. The summed E-state index contributed by atoms with van der Waals surface area (Å²) in [4.78, 5) is 19.6. The molecule has 0 saturated carbocycles. The normalized spacial score (nSPS) is 10.5. The Balaban J connectivity index is 0. The molecule has 0 aliphatic carbocycles. The monoisotopic (exact) mass is 394 g/mol. The van der Waals surface area contributed by atoms with Crippen LogP contribution < -0.4 is 0 Å². The van der Waals surface area contributed by atoms with E-state index in [2.05, 4.69) is 32.4 Å². The van der Waals surface area contributed by atoms with Crippen molar-refractivity contribution in [3.05, 3.63) is 0 Å². The van der Waals surface area contributed by atoms with Crippen LogP contribution in [0.2, 0.25) is 17.7 Å². The van der Waals surface area contributed by atoms with E-state index >= 15 is 0 Å². The van der Waals surface area contributed by atoms with Crippen LogP contribution in [0.5, 0.6) is 0 Å². The van der Waals surface area contributed by atoms with Gasteiger partial charge in [-0.05, 0) is 0 Å². The minimum atomic E-state index is -1.54. The van der Waals surface area contributed by atoms with E-state index in [1.54, 1.807) is 17.7 Å². The van der Waals surface area contributed by atoms with E-state index in [4.69, 9.17) is 0 Å². The maximum absolute atomic E-state index is 9.81. The Morgan fingerprint density at radius 1 is 0.800 bits per heavy atom. The summed E-state index contributed by atoms with van der Waals surface area (Å²) in [5.74, 6) is -1.12. The predicted octanol–water partition coefficient (Wildman–Crippen LogP) is 5.17. The summed E-state index contributed by atoms with van der Waals surface area (Å²) in [5, 5.41) is 0. The van der Waals surface area contributed by atoms with Gasteiger partial charge in [-0.2, -0.15) is 0 Å². The molecule has 0 rings (SSSR count). The molecule has 120 valence electrons. The van der Waals surface area contributed by atoms with Gasteiger partial charge in [-0.15, -0.1) is 0 Å². The van der Waals surface area contributed by atoms with Gasteiger partial charge in [0.1, 0.15) is 0 Å². The summed E-state index contributed by atoms with van der Waals surface area (Å²) in [6, 6.07) is 0. The molecule has 0 amide bonds. The zero-order valence-corrected chi connectivity index (χ0v) is 17.2.